The monoisotopic (exact) mass is 824 g/mol. The number of hydrogen-bond donors (Lipinski definition) is 5. The molecule has 0 saturated heterocycles. The highest BCUT2D eigenvalue weighted by atomic mass is 32.2. The largest absolute Gasteiger partial charge is 0.507 e. The van der Waals surface area contributed by atoms with E-state index in [1.54, 1.807) is 12.1 Å². The Kier molecular flexibility index (Phi) is 18.9. The van der Waals surface area contributed by atoms with E-state index < -0.39 is 46.8 Å². The first kappa shape index (κ1) is 46.5. The number of nitrogens with one attached hydrogen (secondary N) is 2. The summed E-state index contributed by atoms with van der Waals surface area (Å²) in [5.74, 6) is -1.66. The molecular formula is C40H55F2N2O10PS. The van der Waals surface area contributed by atoms with Crippen LogP contribution in [0.2, 0.25) is 0 Å². The van der Waals surface area contributed by atoms with Crippen molar-refractivity contribution >= 4 is 29.5 Å². The van der Waals surface area contributed by atoms with Gasteiger partial charge in [0.25, 0.3) is 0 Å². The minimum absolute atomic E-state index is 0.0609. The molecule has 3 rings (SSSR count). The molecule has 0 aromatic heterocycles. The Balaban J connectivity index is 1.62. The Morgan fingerprint density at radius 2 is 1.41 bits per heavy atom. The van der Waals surface area contributed by atoms with E-state index in [-0.39, 0.29) is 47.1 Å². The third-order valence-corrected chi connectivity index (χ3v) is 11.8. The fraction of sp³-hybridized carbons (Fsp3) is 0.500. The van der Waals surface area contributed by atoms with Gasteiger partial charge in [-0.15, -0.1) is 0 Å². The zero-order chi connectivity index (χ0) is 41.2. The summed E-state index contributed by atoms with van der Waals surface area (Å²) in [6, 6.07) is 13.3. The van der Waals surface area contributed by atoms with Crippen molar-refractivity contribution in [3.05, 3.63) is 89.0 Å². The number of carbonyl (C=O) groups excluding carboxylic acids is 2. The maximum absolute atomic E-state index is 14.3. The number of amides is 1. The molecule has 1 atom stereocenters. The molecule has 5 N–H and O–H groups in total. The third-order valence-electron chi connectivity index (χ3n) is 9.30. The molecule has 0 fully saturated rings. The summed E-state index contributed by atoms with van der Waals surface area (Å²) >= 11 is 0. The van der Waals surface area contributed by atoms with Crippen molar-refractivity contribution in [3.8, 4) is 11.5 Å². The van der Waals surface area contributed by atoms with Gasteiger partial charge in [0.2, 0.25) is 15.9 Å². The number of phenols is 1. The second-order valence-corrected chi connectivity index (χ2v) is 17.1. The lowest BCUT2D eigenvalue weighted by molar-refractivity contribution is -0.122. The highest BCUT2D eigenvalue weighted by molar-refractivity contribution is 7.89. The van der Waals surface area contributed by atoms with Crippen molar-refractivity contribution in [2.75, 3.05) is 20.3 Å². The van der Waals surface area contributed by atoms with Gasteiger partial charge in [0, 0.05) is 12.1 Å². The quantitative estimate of drug-likeness (QED) is 0.0304. The van der Waals surface area contributed by atoms with Crippen LogP contribution in [0.5, 0.6) is 11.5 Å². The van der Waals surface area contributed by atoms with Crippen molar-refractivity contribution in [2.45, 2.75) is 113 Å². The second-order valence-electron chi connectivity index (χ2n) is 13.7. The number of benzene rings is 3. The molecule has 3 aromatic rings. The second kappa shape index (κ2) is 22.8. The Morgan fingerprint density at radius 1 is 0.821 bits per heavy atom. The summed E-state index contributed by atoms with van der Waals surface area (Å²) in [7, 11) is -8.87. The maximum Gasteiger partial charge on any atom is 0.399 e. The molecule has 0 spiro atoms. The van der Waals surface area contributed by atoms with Crippen LogP contribution in [-0.4, -0.2) is 61.5 Å². The Bertz CT molecular complexity index is 1840. The van der Waals surface area contributed by atoms with Gasteiger partial charge >= 0.3 is 19.2 Å². The minimum Gasteiger partial charge on any atom is -0.507 e. The summed E-state index contributed by atoms with van der Waals surface area (Å²) < 4.78 is 79.6. The molecular weight excluding hydrogens is 769 g/mol. The van der Waals surface area contributed by atoms with Crippen LogP contribution in [0.15, 0.2) is 71.6 Å². The number of aryl methyl sites for hydroxylation is 1. The number of sulfonamides is 1. The number of rotatable bonds is 26. The molecule has 0 saturated carbocycles. The molecule has 12 nitrogen and oxygen atoms in total. The van der Waals surface area contributed by atoms with Crippen molar-refractivity contribution in [1.82, 2.24) is 10.0 Å². The van der Waals surface area contributed by atoms with Crippen molar-refractivity contribution in [2.24, 2.45) is 0 Å². The highest BCUT2D eigenvalue weighted by Crippen LogP contribution is 2.59. The lowest BCUT2D eigenvalue weighted by atomic mass is 10.0. The SMILES string of the molecule is CCCCCCCCCCCCc1ccc(S(=O)(=O)N[C@@H](Cc2ccc(C(F)(F)P(=O)(O)O)cc2)C(=O)NCCCCOc2cccc(O)c2C(=O)OC)cc1. The van der Waals surface area contributed by atoms with Crippen LogP contribution in [-0.2, 0) is 42.6 Å². The standard InChI is InChI=1S/C40H55F2N2O10PS/c1-3-4-5-6-7-8-9-10-11-12-16-30-21-25-33(26-22-30)56(51,52)44-34(29-31-19-23-32(24-20-31)40(41,42)55(48,49)50)38(46)43-27-13-14-28-54-36-18-15-17-35(45)37(36)39(47)53-2/h15,17-26,34,44-45H,3-14,16,27-29H2,1-2H3,(H,43,46)(H2,48,49,50)/t34-/m0/s1. The number of ether oxygens (including phenoxy) is 2. The average Bonchev–Trinajstić information content (AvgIpc) is 3.16. The molecule has 0 unspecified atom stereocenters. The number of aromatic hydroxyl groups is 1. The van der Waals surface area contributed by atoms with Gasteiger partial charge in [-0.25, -0.2) is 13.2 Å². The van der Waals surface area contributed by atoms with Crippen molar-refractivity contribution in [3.63, 3.8) is 0 Å². The van der Waals surface area contributed by atoms with Gasteiger partial charge in [-0.3, -0.25) is 9.36 Å². The first-order valence-electron chi connectivity index (χ1n) is 19.1. The number of methoxy groups -OCH3 is 1. The molecule has 0 aliphatic heterocycles. The van der Waals surface area contributed by atoms with E-state index in [0.717, 1.165) is 55.5 Å². The van der Waals surface area contributed by atoms with Crippen LogP contribution < -0.4 is 14.8 Å². The van der Waals surface area contributed by atoms with Gasteiger partial charge in [0.05, 0.1) is 18.6 Å². The van der Waals surface area contributed by atoms with Crippen LogP contribution in [0.1, 0.15) is 111 Å². The Labute approximate surface area is 328 Å². The zero-order valence-electron chi connectivity index (χ0n) is 32.1. The molecule has 0 bridgehead atoms. The molecule has 0 heterocycles. The number of phenolic OH excluding ortho intramolecular Hbond substituents is 1. The van der Waals surface area contributed by atoms with Crippen LogP contribution >= 0.6 is 7.60 Å². The van der Waals surface area contributed by atoms with E-state index in [1.165, 1.54) is 82.4 Å². The molecule has 0 aliphatic carbocycles. The normalized spacial score (nSPS) is 12.6. The number of carbonyl (C=O) groups is 2. The topological polar surface area (TPSA) is 189 Å². The summed E-state index contributed by atoms with van der Waals surface area (Å²) in [4.78, 5) is 43.6. The first-order valence-corrected chi connectivity index (χ1v) is 22.1. The molecule has 16 heteroatoms. The van der Waals surface area contributed by atoms with Crippen molar-refractivity contribution in [1.29, 1.82) is 0 Å². The summed E-state index contributed by atoms with van der Waals surface area (Å²) in [6.07, 6.45) is 13.4. The third kappa shape index (κ3) is 14.6. The van der Waals surface area contributed by atoms with Crippen LogP contribution in [0.3, 0.4) is 0 Å². The molecule has 3 aromatic carbocycles. The molecule has 310 valence electrons. The molecule has 56 heavy (non-hydrogen) atoms. The van der Waals surface area contributed by atoms with Gasteiger partial charge in [-0.1, -0.05) is 107 Å². The number of hydrogen-bond acceptors (Lipinski definition) is 8. The predicted molar refractivity (Wildman–Crippen MR) is 209 cm³/mol. The number of halogens is 2. The van der Waals surface area contributed by atoms with Crippen LogP contribution in [0.4, 0.5) is 8.78 Å². The van der Waals surface area contributed by atoms with E-state index in [1.807, 2.05) is 0 Å². The highest BCUT2D eigenvalue weighted by Gasteiger charge is 2.50. The lowest BCUT2D eigenvalue weighted by Gasteiger charge is -2.20. The Morgan fingerprint density at radius 3 is 2.00 bits per heavy atom. The molecule has 1 amide bonds. The van der Waals surface area contributed by atoms with E-state index in [4.69, 9.17) is 19.3 Å². The van der Waals surface area contributed by atoms with Gasteiger partial charge in [0.1, 0.15) is 23.1 Å². The van der Waals surface area contributed by atoms with E-state index in [0.29, 0.717) is 12.8 Å². The molecule has 0 aliphatic rings. The summed E-state index contributed by atoms with van der Waals surface area (Å²) in [6.45, 7) is 2.42. The maximum atomic E-state index is 14.3. The van der Waals surface area contributed by atoms with Crippen LogP contribution in [0.25, 0.3) is 0 Å². The minimum atomic E-state index is -5.81. The number of alkyl halides is 2. The number of unbranched alkanes of at least 4 members (excludes halogenated alkanes) is 10. The fourth-order valence-electron chi connectivity index (χ4n) is 6.03. The number of esters is 1. The average molecular weight is 825 g/mol. The predicted octanol–water partition coefficient (Wildman–Crippen LogP) is 7.73. The lowest BCUT2D eigenvalue weighted by Crippen LogP contribution is -2.48. The van der Waals surface area contributed by atoms with Gasteiger partial charge < -0.3 is 29.7 Å². The van der Waals surface area contributed by atoms with Gasteiger partial charge in [-0.05, 0) is 67.5 Å². The van der Waals surface area contributed by atoms with Gasteiger partial charge in [-0.2, -0.15) is 13.5 Å². The summed E-state index contributed by atoms with van der Waals surface area (Å²) in [5.41, 5.74) is -4.25. The molecule has 0 radical (unpaired) electrons. The van der Waals surface area contributed by atoms with Crippen LogP contribution in [0, 0.1) is 0 Å². The summed E-state index contributed by atoms with van der Waals surface area (Å²) in [5, 5.41) is 12.7. The van der Waals surface area contributed by atoms with Crippen molar-refractivity contribution < 1.29 is 55.7 Å². The Hall–Kier alpha value is -3.88. The van der Waals surface area contributed by atoms with E-state index in [2.05, 4.69) is 17.0 Å². The smallest absolute Gasteiger partial charge is 0.399 e. The van der Waals surface area contributed by atoms with E-state index in [9.17, 15) is 36.5 Å². The first-order chi connectivity index (χ1) is 26.6. The van der Waals surface area contributed by atoms with Gasteiger partial charge in [0.15, 0.2) is 0 Å². The zero-order valence-corrected chi connectivity index (χ0v) is 33.8. The van der Waals surface area contributed by atoms with E-state index >= 15 is 0 Å². The fourth-order valence-corrected chi connectivity index (χ4v) is 7.71.